The molecule has 0 spiro atoms. The smallest absolute Gasteiger partial charge is 0.418 e. The number of hydrogen-bond donors (Lipinski definition) is 6. The average molecular weight is 739 g/mol. The first-order valence-corrected chi connectivity index (χ1v) is 18.0. The van der Waals surface area contributed by atoms with Crippen LogP contribution >= 0.6 is 11.3 Å². The van der Waals surface area contributed by atoms with Crippen LogP contribution in [-0.4, -0.2) is 93.8 Å². The van der Waals surface area contributed by atoms with Crippen LogP contribution in [0.2, 0.25) is 0 Å². The van der Waals surface area contributed by atoms with Gasteiger partial charge in [-0.15, -0.1) is 15.6 Å². The van der Waals surface area contributed by atoms with Crippen molar-refractivity contribution in [1.29, 1.82) is 0 Å². The molecule has 5 unspecified atom stereocenters. The van der Waals surface area contributed by atoms with Gasteiger partial charge in [-0.1, -0.05) is 5.16 Å². The Morgan fingerprint density at radius 2 is 1.98 bits per heavy atom. The standard InChI is InChI=1S/C29H40N8O8S2.CH2O2/c1-15(21-11-7-16-13-17(8-12-22(16)43-21)25(31)33-19-6-4-5-18(30)9-10-19)44-36-23(20-14-46-28(32)34-20)26(38)35-24-27(39)37(29(24,2)3)45-47(40,41)42;2-1-3/h8,12-15,18-19,21,24H,4-7,9-11,30H2,1-3H3,(H2,31,33)(H2,32,34)(H,35,38)(H,40,41,42);1H,(H,2,3)/b36-23-;. The molecule has 2 amide bonds. The molecule has 50 heavy (non-hydrogen) atoms. The molecule has 3 aliphatic rings. The van der Waals surface area contributed by atoms with Gasteiger partial charge in [0.15, 0.2) is 16.9 Å². The summed E-state index contributed by atoms with van der Waals surface area (Å²) in [6, 6.07) is 4.93. The molecule has 5 rings (SSSR count). The fraction of sp³-hybridized carbons (Fsp3) is 0.533. The van der Waals surface area contributed by atoms with Gasteiger partial charge in [0, 0.05) is 17.0 Å². The van der Waals surface area contributed by atoms with E-state index in [-0.39, 0.29) is 35.1 Å². The van der Waals surface area contributed by atoms with Crippen molar-refractivity contribution in [2.45, 2.75) is 102 Å². The molecule has 20 heteroatoms. The highest BCUT2D eigenvalue weighted by Gasteiger charge is 2.58. The number of β-lactam (4-membered cyclic amide) rings is 1. The summed E-state index contributed by atoms with van der Waals surface area (Å²) >= 11 is 1.08. The van der Waals surface area contributed by atoms with E-state index in [2.05, 4.69) is 19.7 Å². The number of carbonyl (C=O) groups excluding carboxylic acids is 2. The Kier molecular flexibility index (Phi) is 12.4. The number of aromatic nitrogens is 1. The van der Waals surface area contributed by atoms with E-state index in [4.69, 9.17) is 46.2 Å². The molecule has 1 aromatic carbocycles. The minimum atomic E-state index is -4.96. The fourth-order valence-corrected chi connectivity index (χ4v) is 6.84. The highest BCUT2D eigenvalue weighted by Crippen LogP contribution is 2.33. The zero-order valence-corrected chi connectivity index (χ0v) is 29.4. The maximum Gasteiger partial charge on any atom is 0.418 e. The van der Waals surface area contributed by atoms with Crippen molar-refractivity contribution in [3.8, 4) is 5.75 Å². The molecule has 2 aromatic rings. The molecular formula is C30H42N8O10S2. The number of fused-ring (bicyclic) bond motifs is 1. The number of benzene rings is 1. The number of nitrogens with two attached hydrogens (primary N) is 3. The number of amides is 2. The van der Waals surface area contributed by atoms with Crippen LogP contribution in [0.4, 0.5) is 5.13 Å². The number of aryl methyl sites for hydroxylation is 1. The van der Waals surface area contributed by atoms with Crippen molar-refractivity contribution in [3.05, 3.63) is 40.4 Å². The number of nitrogens with zero attached hydrogens (tertiary/aromatic N) is 4. The third-order valence-electron chi connectivity index (χ3n) is 8.57. The van der Waals surface area contributed by atoms with Gasteiger partial charge in [-0.3, -0.25) is 23.9 Å². The molecule has 5 atom stereocenters. The van der Waals surface area contributed by atoms with Crippen LogP contribution in [-0.2, 0) is 40.3 Å². The first-order valence-electron chi connectivity index (χ1n) is 15.8. The van der Waals surface area contributed by atoms with Gasteiger partial charge in [-0.2, -0.15) is 13.5 Å². The lowest BCUT2D eigenvalue weighted by atomic mass is 9.84. The SMILES string of the molecule is CC(O/N=C(\C(=O)NC1C(=O)N(OS(=O)(=O)O)C1(C)C)c1csc(N)n1)C1CCc2cc(C(N)=NC3CCCC(N)CC3)ccc2O1.O=CO. The predicted octanol–water partition coefficient (Wildman–Crippen LogP) is 1.13. The summed E-state index contributed by atoms with van der Waals surface area (Å²) in [5.41, 5.74) is 18.6. The van der Waals surface area contributed by atoms with Crippen molar-refractivity contribution in [2.24, 2.45) is 21.6 Å². The lowest BCUT2D eigenvalue weighted by Crippen LogP contribution is -2.76. The van der Waals surface area contributed by atoms with Crippen LogP contribution < -0.4 is 27.3 Å². The van der Waals surface area contributed by atoms with Gasteiger partial charge in [0.05, 0.1) is 11.6 Å². The van der Waals surface area contributed by atoms with Crippen LogP contribution in [0.1, 0.15) is 76.1 Å². The van der Waals surface area contributed by atoms with Gasteiger partial charge in [0.2, 0.25) is 0 Å². The normalized spacial score (nSPS) is 24.3. The Morgan fingerprint density at radius 1 is 1.26 bits per heavy atom. The largest absolute Gasteiger partial charge is 0.486 e. The number of carbonyl (C=O) groups is 3. The van der Waals surface area contributed by atoms with Crippen LogP contribution in [0.3, 0.4) is 0 Å². The summed E-state index contributed by atoms with van der Waals surface area (Å²) in [6.07, 6.45) is 5.20. The second kappa shape index (κ2) is 16.1. The lowest BCUT2D eigenvalue weighted by Gasteiger charge is -2.50. The van der Waals surface area contributed by atoms with E-state index in [1.54, 1.807) is 6.92 Å². The Balaban J connectivity index is 0.00000181. The zero-order valence-electron chi connectivity index (χ0n) is 27.7. The molecule has 1 saturated heterocycles. The molecule has 1 saturated carbocycles. The Hall–Kier alpha value is -4.37. The van der Waals surface area contributed by atoms with Gasteiger partial charge >= 0.3 is 10.4 Å². The number of hydrogen-bond acceptors (Lipinski definition) is 14. The quantitative estimate of drug-likeness (QED) is 0.0379. The van der Waals surface area contributed by atoms with E-state index < -0.39 is 46.0 Å². The van der Waals surface area contributed by atoms with E-state index in [9.17, 15) is 18.0 Å². The third kappa shape index (κ3) is 9.44. The molecule has 3 heterocycles. The van der Waals surface area contributed by atoms with E-state index in [0.29, 0.717) is 29.5 Å². The molecule has 9 N–H and O–H groups in total. The minimum Gasteiger partial charge on any atom is -0.486 e. The second-order valence-corrected chi connectivity index (χ2v) is 14.5. The minimum absolute atomic E-state index is 0.112. The topological polar surface area (TPSA) is 284 Å². The zero-order chi connectivity index (χ0) is 36.8. The predicted molar refractivity (Wildman–Crippen MR) is 183 cm³/mol. The van der Waals surface area contributed by atoms with Crippen LogP contribution in [0.25, 0.3) is 0 Å². The van der Waals surface area contributed by atoms with Crippen molar-refractivity contribution in [3.63, 3.8) is 0 Å². The number of aliphatic imine (C=N–C) groups is 1. The van der Waals surface area contributed by atoms with E-state index >= 15 is 0 Å². The van der Waals surface area contributed by atoms with Crippen LogP contribution in [0.15, 0.2) is 33.7 Å². The second-order valence-electron chi connectivity index (χ2n) is 12.6. The number of oxime groups is 1. The first-order chi connectivity index (χ1) is 23.5. The Morgan fingerprint density at radius 3 is 2.62 bits per heavy atom. The van der Waals surface area contributed by atoms with Crippen LogP contribution in [0.5, 0.6) is 5.75 Å². The molecule has 1 aromatic heterocycles. The summed E-state index contributed by atoms with van der Waals surface area (Å²) in [7, 11) is -4.96. The van der Waals surface area contributed by atoms with E-state index in [1.165, 1.54) is 19.2 Å². The average Bonchev–Trinajstić information content (AvgIpc) is 3.38. The number of ether oxygens (including phenoxy) is 1. The third-order valence-corrected chi connectivity index (χ3v) is 9.58. The fourth-order valence-electron chi connectivity index (χ4n) is 5.83. The number of carboxylic acid groups (broad SMARTS) is 1. The molecule has 0 radical (unpaired) electrons. The van der Waals surface area contributed by atoms with Gasteiger partial charge in [-0.05, 0) is 89.5 Å². The van der Waals surface area contributed by atoms with Crippen molar-refractivity contribution >= 4 is 56.7 Å². The van der Waals surface area contributed by atoms with Crippen molar-refractivity contribution in [1.82, 2.24) is 15.4 Å². The Labute approximate surface area is 292 Å². The van der Waals surface area contributed by atoms with Crippen LogP contribution in [0, 0.1) is 0 Å². The lowest BCUT2D eigenvalue weighted by molar-refractivity contribution is -0.218. The summed E-state index contributed by atoms with van der Waals surface area (Å²) in [5, 5.41) is 15.6. The van der Waals surface area contributed by atoms with Gasteiger partial charge in [-0.25, -0.2) is 4.98 Å². The molecule has 2 fully saturated rings. The number of nitrogen functional groups attached to an aromatic ring is 1. The summed E-state index contributed by atoms with van der Waals surface area (Å²) in [4.78, 5) is 48.9. The molecule has 18 nitrogen and oxygen atoms in total. The summed E-state index contributed by atoms with van der Waals surface area (Å²) in [6.45, 7) is 4.39. The number of nitrogens with one attached hydrogen (secondary N) is 1. The maximum atomic E-state index is 13.3. The summed E-state index contributed by atoms with van der Waals surface area (Å²) < 4.78 is 41.8. The van der Waals surface area contributed by atoms with Gasteiger partial charge in [0.1, 0.15) is 29.4 Å². The maximum absolute atomic E-state index is 13.3. The highest BCUT2D eigenvalue weighted by atomic mass is 32.3. The monoisotopic (exact) mass is 738 g/mol. The van der Waals surface area contributed by atoms with E-state index in [0.717, 1.165) is 54.6 Å². The van der Waals surface area contributed by atoms with Gasteiger partial charge < -0.3 is 37.2 Å². The number of hydroxylamine groups is 2. The van der Waals surface area contributed by atoms with E-state index in [1.807, 2.05) is 18.2 Å². The molecule has 0 bridgehead atoms. The molecule has 1 aliphatic carbocycles. The number of rotatable bonds is 10. The Bertz CT molecular complexity index is 1730. The highest BCUT2D eigenvalue weighted by molar-refractivity contribution is 7.80. The number of thiazole rings is 1. The molecule has 274 valence electrons. The first kappa shape index (κ1) is 38.4. The van der Waals surface area contributed by atoms with Crippen molar-refractivity contribution in [2.75, 3.05) is 5.73 Å². The molecule has 2 aliphatic heterocycles. The van der Waals surface area contributed by atoms with Gasteiger partial charge in [0.25, 0.3) is 18.3 Å². The summed E-state index contributed by atoms with van der Waals surface area (Å²) in [5.74, 6) is -0.535. The van der Waals surface area contributed by atoms with Crippen molar-refractivity contribution < 1.29 is 46.3 Å². The number of anilines is 1. The molecular weight excluding hydrogens is 697 g/mol. The number of amidine groups is 1.